The lowest BCUT2D eigenvalue weighted by Crippen LogP contribution is -2.09. The Hall–Kier alpha value is -2.60. The normalized spacial score (nSPS) is 11.3. The molecule has 2 aromatic rings. The lowest BCUT2D eigenvalue weighted by atomic mass is 10.0. The van der Waals surface area contributed by atoms with Crippen LogP contribution < -0.4 is 15.3 Å². The van der Waals surface area contributed by atoms with Gasteiger partial charge < -0.3 is 25.5 Å². The summed E-state index contributed by atoms with van der Waals surface area (Å²) < 4.78 is 10.4. The van der Waals surface area contributed by atoms with Gasteiger partial charge in [0.2, 0.25) is 0 Å². The van der Waals surface area contributed by atoms with Crippen LogP contribution in [0.2, 0.25) is 5.02 Å². The molecule has 0 radical (unpaired) electrons. The standard InChI is InChI=1S/C16H17ClN2O4/c1-22-15-4-3-9(6-16(15)23-2)5-12(19-18)10-7-11(17)14(21)8-13(10)20/h3-4,6-8,20-21H,5,18H2,1-2H3. The summed E-state index contributed by atoms with van der Waals surface area (Å²) >= 11 is 5.88. The monoisotopic (exact) mass is 336 g/mol. The van der Waals surface area contributed by atoms with Gasteiger partial charge >= 0.3 is 0 Å². The second-order valence-corrected chi connectivity index (χ2v) is 5.17. The molecule has 0 saturated heterocycles. The SMILES string of the molecule is COc1ccc(CC(=NN)c2cc(Cl)c(O)cc2O)cc1OC. The highest BCUT2D eigenvalue weighted by Gasteiger charge is 2.15. The van der Waals surface area contributed by atoms with E-state index in [1.54, 1.807) is 26.4 Å². The first-order valence-corrected chi connectivity index (χ1v) is 7.07. The molecule has 0 aliphatic heterocycles. The third kappa shape index (κ3) is 3.60. The van der Waals surface area contributed by atoms with Crippen LogP contribution in [0.25, 0.3) is 0 Å². The van der Waals surface area contributed by atoms with Gasteiger partial charge in [-0.15, -0.1) is 0 Å². The van der Waals surface area contributed by atoms with Crippen molar-refractivity contribution in [3.8, 4) is 23.0 Å². The van der Waals surface area contributed by atoms with Crippen LogP contribution in [-0.4, -0.2) is 30.1 Å². The molecule has 4 N–H and O–H groups in total. The largest absolute Gasteiger partial charge is 0.507 e. The molecule has 6 nitrogen and oxygen atoms in total. The number of rotatable bonds is 5. The van der Waals surface area contributed by atoms with Crippen molar-refractivity contribution in [1.29, 1.82) is 0 Å². The van der Waals surface area contributed by atoms with E-state index >= 15 is 0 Å². The molecule has 2 aromatic carbocycles. The maximum absolute atomic E-state index is 9.98. The topological polar surface area (TPSA) is 97.3 Å². The van der Waals surface area contributed by atoms with Crippen LogP contribution in [0.4, 0.5) is 0 Å². The van der Waals surface area contributed by atoms with Gasteiger partial charge in [0, 0.05) is 18.1 Å². The third-order valence-corrected chi connectivity index (χ3v) is 3.65. The van der Waals surface area contributed by atoms with Crippen LogP contribution in [0.1, 0.15) is 11.1 Å². The highest BCUT2D eigenvalue weighted by Crippen LogP contribution is 2.33. The number of hydrogen-bond acceptors (Lipinski definition) is 6. The number of ether oxygens (including phenoxy) is 2. The van der Waals surface area contributed by atoms with Crippen molar-refractivity contribution < 1.29 is 19.7 Å². The summed E-state index contributed by atoms with van der Waals surface area (Å²) in [4.78, 5) is 0. The first-order valence-electron chi connectivity index (χ1n) is 6.69. The Bertz CT molecular complexity index is 747. The zero-order chi connectivity index (χ0) is 17.0. The van der Waals surface area contributed by atoms with Crippen molar-refractivity contribution in [3.63, 3.8) is 0 Å². The Morgan fingerprint density at radius 3 is 2.39 bits per heavy atom. The van der Waals surface area contributed by atoms with E-state index in [0.717, 1.165) is 11.6 Å². The van der Waals surface area contributed by atoms with Gasteiger partial charge in [0.05, 0.1) is 25.0 Å². The lowest BCUT2D eigenvalue weighted by Gasteiger charge is -2.12. The summed E-state index contributed by atoms with van der Waals surface area (Å²) in [6.07, 6.45) is 0.339. The van der Waals surface area contributed by atoms with Crippen LogP contribution in [0.3, 0.4) is 0 Å². The minimum absolute atomic E-state index is 0.103. The Labute approximate surface area is 138 Å². The number of benzene rings is 2. The molecule has 23 heavy (non-hydrogen) atoms. The van der Waals surface area contributed by atoms with Crippen LogP contribution in [0, 0.1) is 0 Å². The molecule has 0 aliphatic carbocycles. The van der Waals surface area contributed by atoms with Crippen LogP contribution in [0.15, 0.2) is 35.4 Å². The average Bonchev–Trinajstić information content (AvgIpc) is 2.56. The molecule has 0 aliphatic rings. The van der Waals surface area contributed by atoms with E-state index in [0.29, 0.717) is 29.2 Å². The molecule has 0 amide bonds. The quantitative estimate of drug-likeness (QED) is 0.443. The van der Waals surface area contributed by atoms with Crippen molar-refractivity contribution in [3.05, 3.63) is 46.5 Å². The van der Waals surface area contributed by atoms with E-state index in [2.05, 4.69) is 5.10 Å². The van der Waals surface area contributed by atoms with Gasteiger partial charge in [0.25, 0.3) is 0 Å². The Balaban J connectivity index is 2.36. The second kappa shape index (κ2) is 7.11. The number of nitrogens with zero attached hydrogens (tertiary/aromatic N) is 1. The highest BCUT2D eigenvalue weighted by molar-refractivity contribution is 6.32. The van der Waals surface area contributed by atoms with Crippen molar-refractivity contribution in [2.45, 2.75) is 6.42 Å². The molecule has 0 bridgehead atoms. The molecule has 0 saturated carbocycles. The minimum atomic E-state index is -0.213. The summed E-state index contributed by atoms with van der Waals surface area (Å²) in [7, 11) is 3.10. The molecule has 0 unspecified atom stereocenters. The number of nitrogens with two attached hydrogens (primary N) is 1. The molecule has 0 aromatic heterocycles. The fourth-order valence-corrected chi connectivity index (χ4v) is 2.34. The van der Waals surface area contributed by atoms with Crippen LogP contribution in [-0.2, 0) is 6.42 Å². The summed E-state index contributed by atoms with van der Waals surface area (Å²) in [5, 5.41) is 23.3. The smallest absolute Gasteiger partial charge is 0.160 e. The molecular weight excluding hydrogens is 320 g/mol. The van der Waals surface area contributed by atoms with E-state index in [-0.39, 0.29) is 16.5 Å². The van der Waals surface area contributed by atoms with Gasteiger partial charge in [-0.25, -0.2) is 0 Å². The average molecular weight is 337 g/mol. The van der Waals surface area contributed by atoms with Gasteiger partial charge in [-0.3, -0.25) is 0 Å². The molecule has 0 atom stereocenters. The first kappa shape index (κ1) is 16.8. The van der Waals surface area contributed by atoms with Gasteiger partial charge in [-0.05, 0) is 23.8 Å². The zero-order valence-corrected chi connectivity index (χ0v) is 13.5. The summed E-state index contributed by atoms with van der Waals surface area (Å²) in [5.41, 5.74) is 1.62. The van der Waals surface area contributed by atoms with Crippen molar-refractivity contribution in [1.82, 2.24) is 0 Å². The van der Waals surface area contributed by atoms with Crippen molar-refractivity contribution in [2.75, 3.05) is 14.2 Å². The van der Waals surface area contributed by atoms with Crippen LogP contribution in [0.5, 0.6) is 23.0 Å². The van der Waals surface area contributed by atoms with E-state index < -0.39 is 0 Å². The maximum Gasteiger partial charge on any atom is 0.160 e. The number of hydrogen-bond donors (Lipinski definition) is 3. The molecule has 0 spiro atoms. The molecule has 7 heteroatoms. The predicted molar refractivity (Wildman–Crippen MR) is 88.8 cm³/mol. The number of phenolic OH excluding ortho intramolecular Hbond substituents is 2. The van der Waals surface area contributed by atoms with E-state index in [1.807, 2.05) is 6.07 Å². The maximum atomic E-state index is 9.98. The summed E-state index contributed by atoms with van der Waals surface area (Å²) in [5.74, 6) is 6.27. The van der Waals surface area contributed by atoms with Crippen molar-refractivity contribution >= 4 is 17.3 Å². The van der Waals surface area contributed by atoms with Gasteiger partial charge in [-0.2, -0.15) is 5.10 Å². The predicted octanol–water partition coefficient (Wildman–Crippen LogP) is 2.67. The number of halogens is 1. The summed E-state index contributed by atoms with van der Waals surface area (Å²) in [6, 6.07) is 7.97. The first-order chi connectivity index (χ1) is 11.0. The molecule has 122 valence electrons. The number of phenols is 2. The fraction of sp³-hybridized carbons (Fsp3) is 0.188. The van der Waals surface area contributed by atoms with Gasteiger partial charge in [0.1, 0.15) is 11.5 Å². The Morgan fingerprint density at radius 2 is 1.78 bits per heavy atom. The summed E-state index contributed by atoms with van der Waals surface area (Å²) in [6.45, 7) is 0. The molecule has 0 fully saturated rings. The van der Waals surface area contributed by atoms with E-state index in [1.165, 1.54) is 6.07 Å². The highest BCUT2D eigenvalue weighted by atomic mass is 35.5. The number of aromatic hydroxyl groups is 2. The van der Waals surface area contributed by atoms with Crippen molar-refractivity contribution in [2.24, 2.45) is 10.9 Å². The lowest BCUT2D eigenvalue weighted by molar-refractivity contribution is 0.354. The Kier molecular flexibility index (Phi) is 5.18. The Morgan fingerprint density at radius 1 is 1.09 bits per heavy atom. The van der Waals surface area contributed by atoms with E-state index in [4.69, 9.17) is 26.9 Å². The minimum Gasteiger partial charge on any atom is -0.507 e. The molecule has 2 rings (SSSR count). The molecular formula is C16H17ClN2O4. The third-order valence-electron chi connectivity index (χ3n) is 3.35. The second-order valence-electron chi connectivity index (χ2n) is 4.76. The molecule has 0 heterocycles. The number of methoxy groups -OCH3 is 2. The fourth-order valence-electron chi connectivity index (χ4n) is 2.18. The van der Waals surface area contributed by atoms with E-state index in [9.17, 15) is 10.2 Å². The van der Waals surface area contributed by atoms with Gasteiger partial charge in [-0.1, -0.05) is 17.7 Å². The zero-order valence-electron chi connectivity index (χ0n) is 12.7. The number of hydrazone groups is 1. The van der Waals surface area contributed by atoms with Crippen LogP contribution >= 0.6 is 11.6 Å². The van der Waals surface area contributed by atoms with Gasteiger partial charge in [0.15, 0.2) is 11.5 Å².